The Kier molecular flexibility index (Phi) is 6.48. The second kappa shape index (κ2) is 8.36. The molecule has 0 radical (unpaired) electrons. The van der Waals surface area contributed by atoms with Crippen molar-refractivity contribution in [3.8, 4) is 5.75 Å². The van der Waals surface area contributed by atoms with E-state index in [0.717, 1.165) is 23.1 Å². The van der Waals surface area contributed by atoms with Crippen LogP contribution in [0, 0.1) is 0 Å². The van der Waals surface area contributed by atoms with Gasteiger partial charge in [-0.15, -0.1) is 0 Å². The molecule has 1 aromatic rings. The van der Waals surface area contributed by atoms with Gasteiger partial charge in [0.25, 0.3) is 0 Å². The standard InChI is InChI=1S/C15H21BrN2O3/c16-11-1-5-14(6-2-11)21-10-13(19)9-17-8-7-15(20)18-12-3-4-12/h1-2,5-6,12-13,17,19H,3-4,7-10H2,(H,18,20). The van der Waals surface area contributed by atoms with Gasteiger partial charge in [-0.2, -0.15) is 0 Å². The second-order valence-electron chi connectivity index (χ2n) is 5.21. The van der Waals surface area contributed by atoms with Gasteiger partial charge in [-0.3, -0.25) is 4.79 Å². The number of aliphatic hydroxyl groups is 1. The normalized spacial score (nSPS) is 15.5. The van der Waals surface area contributed by atoms with Gasteiger partial charge in [0.1, 0.15) is 18.5 Å². The van der Waals surface area contributed by atoms with Crippen LogP contribution >= 0.6 is 15.9 Å². The average Bonchev–Trinajstić information content (AvgIpc) is 3.27. The molecule has 0 heterocycles. The zero-order valence-corrected chi connectivity index (χ0v) is 13.4. The number of benzene rings is 1. The minimum absolute atomic E-state index is 0.0746. The maximum Gasteiger partial charge on any atom is 0.221 e. The van der Waals surface area contributed by atoms with E-state index in [1.165, 1.54) is 0 Å². The molecule has 0 spiro atoms. The topological polar surface area (TPSA) is 70.6 Å². The molecule has 1 aromatic carbocycles. The summed E-state index contributed by atoms with van der Waals surface area (Å²) in [6.45, 7) is 1.20. The van der Waals surface area contributed by atoms with E-state index in [0.29, 0.717) is 25.6 Å². The van der Waals surface area contributed by atoms with E-state index in [4.69, 9.17) is 4.74 Å². The highest BCUT2D eigenvalue weighted by Gasteiger charge is 2.22. The van der Waals surface area contributed by atoms with Gasteiger partial charge in [0, 0.05) is 30.0 Å². The number of aliphatic hydroxyl groups excluding tert-OH is 1. The van der Waals surface area contributed by atoms with E-state index in [9.17, 15) is 9.90 Å². The predicted molar refractivity (Wildman–Crippen MR) is 84.3 cm³/mol. The van der Waals surface area contributed by atoms with Crippen molar-refractivity contribution in [3.05, 3.63) is 28.7 Å². The van der Waals surface area contributed by atoms with Crippen LogP contribution in [-0.2, 0) is 4.79 Å². The SMILES string of the molecule is O=C(CCNCC(O)COc1ccc(Br)cc1)NC1CC1. The fourth-order valence-corrected chi connectivity index (χ4v) is 2.04. The number of halogens is 1. The lowest BCUT2D eigenvalue weighted by molar-refractivity contribution is -0.121. The van der Waals surface area contributed by atoms with Crippen molar-refractivity contribution in [1.29, 1.82) is 0 Å². The Hall–Kier alpha value is -1.11. The molecule has 1 aliphatic rings. The molecule has 3 N–H and O–H groups in total. The Balaban J connectivity index is 1.51. The number of hydrogen-bond donors (Lipinski definition) is 3. The van der Waals surface area contributed by atoms with Crippen molar-refractivity contribution >= 4 is 21.8 Å². The molecule has 1 fully saturated rings. The summed E-state index contributed by atoms with van der Waals surface area (Å²) >= 11 is 3.35. The zero-order chi connectivity index (χ0) is 15.1. The largest absolute Gasteiger partial charge is 0.491 e. The molecule has 1 aliphatic carbocycles. The van der Waals surface area contributed by atoms with Crippen LogP contribution in [0.1, 0.15) is 19.3 Å². The summed E-state index contributed by atoms with van der Waals surface area (Å²) < 4.78 is 6.46. The molecule has 1 saturated carbocycles. The van der Waals surface area contributed by atoms with Gasteiger partial charge in [0.15, 0.2) is 0 Å². The third-order valence-corrected chi connectivity index (χ3v) is 3.64. The van der Waals surface area contributed by atoms with E-state index in [1.54, 1.807) is 0 Å². The lowest BCUT2D eigenvalue weighted by atomic mass is 10.3. The highest BCUT2D eigenvalue weighted by molar-refractivity contribution is 9.10. The summed E-state index contributed by atoms with van der Waals surface area (Å²) in [4.78, 5) is 11.4. The fourth-order valence-electron chi connectivity index (χ4n) is 1.78. The van der Waals surface area contributed by atoms with Crippen molar-refractivity contribution in [1.82, 2.24) is 10.6 Å². The molecule has 6 heteroatoms. The zero-order valence-electron chi connectivity index (χ0n) is 11.8. The molecule has 0 bridgehead atoms. The third-order valence-electron chi connectivity index (χ3n) is 3.11. The van der Waals surface area contributed by atoms with E-state index < -0.39 is 6.10 Å². The van der Waals surface area contributed by atoms with Gasteiger partial charge < -0.3 is 20.5 Å². The number of nitrogens with one attached hydrogen (secondary N) is 2. The van der Waals surface area contributed by atoms with Gasteiger partial charge >= 0.3 is 0 Å². The first-order chi connectivity index (χ1) is 10.1. The molecule has 1 atom stereocenters. The molecule has 1 unspecified atom stereocenters. The van der Waals surface area contributed by atoms with Crippen LogP contribution in [0.25, 0.3) is 0 Å². The number of ether oxygens (including phenoxy) is 1. The van der Waals surface area contributed by atoms with Crippen molar-refractivity contribution in [2.75, 3.05) is 19.7 Å². The van der Waals surface area contributed by atoms with Crippen LogP contribution in [0.4, 0.5) is 0 Å². The first kappa shape index (κ1) is 16.3. The van der Waals surface area contributed by atoms with Gasteiger partial charge in [-0.05, 0) is 37.1 Å². The molecule has 5 nitrogen and oxygen atoms in total. The summed E-state index contributed by atoms with van der Waals surface area (Å²) in [5.41, 5.74) is 0. The Bertz CT molecular complexity index is 449. The van der Waals surface area contributed by atoms with Crippen LogP contribution in [0.2, 0.25) is 0 Å². The molecule has 21 heavy (non-hydrogen) atoms. The monoisotopic (exact) mass is 356 g/mol. The van der Waals surface area contributed by atoms with Crippen molar-refractivity contribution in [2.45, 2.75) is 31.4 Å². The lowest BCUT2D eigenvalue weighted by Gasteiger charge is -2.13. The molecular weight excluding hydrogens is 336 g/mol. The maximum absolute atomic E-state index is 11.4. The lowest BCUT2D eigenvalue weighted by Crippen LogP contribution is -2.34. The molecular formula is C15H21BrN2O3. The molecule has 2 rings (SSSR count). The van der Waals surface area contributed by atoms with Gasteiger partial charge in [-0.25, -0.2) is 0 Å². The first-order valence-electron chi connectivity index (χ1n) is 7.20. The summed E-state index contributed by atoms with van der Waals surface area (Å²) in [6.07, 6.45) is 2.05. The summed E-state index contributed by atoms with van der Waals surface area (Å²) in [6, 6.07) is 7.86. The van der Waals surface area contributed by atoms with Gasteiger partial charge in [0.05, 0.1) is 0 Å². The summed E-state index contributed by atoms with van der Waals surface area (Å²) in [5.74, 6) is 0.798. The van der Waals surface area contributed by atoms with Crippen LogP contribution in [0.5, 0.6) is 5.75 Å². The smallest absolute Gasteiger partial charge is 0.221 e. The average molecular weight is 357 g/mol. The van der Waals surface area contributed by atoms with Gasteiger partial charge in [0.2, 0.25) is 5.91 Å². The van der Waals surface area contributed by atoms with Crippen LogP contribution in [0.3, 0.4) is 0 Å². The first-order valence-corrected chi connectivity index (χ1v) is 7.99. The van der Waals surface area contributed by atoms with Crippen LogP contribution in [0.15, 0.2) is 28.7 Å². The minimum Gasteiger partial charge on any atom is -0.491 e. The summed E-state index contributed by atoms with van der Waals surface area (Å²) in [7, 11) is 0. The quantitative estimate of drug-likeness (QED) is 0.585. The van der Waals surface area contributed by atoms with Crippen LogP contribution < -0.4 is 15.4 Å². The summed E-state index contributed by atoms with van der Waals surface area (Å²) in [5, 5.41) is 15.8. The third kappa shape index (κ3) is 6.93. The molecule has 1 amide bonds. The highest BCUT2D eigenvalue weighted by atomic mass is 79.9. The molecule has 0 aromatic heterocycles. The molecule has 0 saturated heterocycles. The maximum atomic E-state index is 11.4. The van der Waals surface area contributed by atoms with Crippen molar-refractivity contribution in [3.63, 3.8) is 0 Å². The minimum atomic E-state index is -0.597. The number of carbonyl (C=O) groups excluding carboxylic acids is 1. The van der Waals surface area contributed by atoms with Crippen LogP contribution in [-0.4, -0.2) is 42.9 Å². The second-order valence-corrected chi connectivity index (χ2v) is 6.13. The number of carbonyl (C=O) groups is 1. The molecule has 116 valence electrons. The number of hydrogen-bond acceptors (Lipinski definition) is 4. The van der Waals surface area contributed by atoms with E-state index in [2.05, 4.69) is 26.6 Å². The van der Waals surface area contributed by atoms with Crippen molar-refractivity contribution < 1.29 is 14.6 Å². The fraction of sp³-hybridized carbons (Fsp3) is 0.533. The predicted octanol–water partition coefficient (Wildman–Crippen LogP) is 1.45. The Morgan fingerprint density at radius 2 is 2.10 bits per heavy atom. The van der Waals surface area contributed by atoms with E-state index in [1.807, 2.05) is 24.3 Å². The number of amides is 1. The van der Waals surface area contributed by atoms with Gasteiger partial charge in [-0.1, -0.05) is 15.9 Å². The Morgan fingerprint density at radius 3 is 2.76 bits per heavy atom. The van der Waals surface area contributed by atoms with Crippen molar-refractivity contribution in [2.24, 2.45) is 0 Å². The Labute approximate surface area is 133 Å². The number of rotatable bonds is 9. The van der Waals surface area contributed by atoms with E-state index in [-0.39, 0.29) is 12.5 Å². The molecule has 0 aliphatic heterocycles. The highest BCUT2D eigenvalue weighted by Crippen LogP contribution is 2.18. The Morgan fingerprint density at radius 1 is 1.38 bits per heavy atom. The van der Waals surface area contributed by atoms with E-state index >= 15 is 0 Å².